The highest BCUT2D eigenvalue weighted by atomic mass is 35.5. The van der Waals surface area contributed by atoms with E-state index in [0.29, 0.717) is 31.3 Å². The monoisotopic (exact) mass is 708 g/mol. The molecule has 4 aliphatic rings. The van der Waals surface area contributed by atoms with Crippen LogP contribution < -0.4 is 4.90 Å². The van der Waals surface area contributed by atoms with E-state index in [1.54, 1.807) is 24.3 Å². The molecule has 240 valence electrons. The van der Waals surface area contributed by atoms with Gasteiger partial charge in [0.05, 0.1) is 17.4 Å². The molecule has 3 amide bonds. The van der Waals surface area contributed by atoms with Gasteiger partial charge in [-0.3, -0.25) is 19.4 Å². The topological polar surface area (TPSA) is 98.0 Å². The third-order valence-corrected chi connectivity index (χ3v) is 10.3. The van der Waals surface area contributed by atoms with Gasteiger partial charge in [0.25, 0.3) is 17.7 Å². The van der Waals surface area contributed by atoms with Gasteiger partial charge in [-0.2, -0.15) is 10.2 Å². The van der Waals surface area contributed by atoms with Gasteiger partial charge in [-0.1, -0.05) is 82.0 Å². The Bertz CT molecular complexity index is 1920. The maximum absolute atomic E-state index is 14.2. The van der Waals surface area contributed by atoms with Crippen LogP contribution in [0.25, 0.3) is 6.08 Å². The first-order chi connectivity index (χ1) is 22.5. The summed E-state index contributed by atoms with van der Waals surface area (Å²) in [6, 6.07) is 13.5. The van der Waals surface area contributed by atoms with Crippen LogP contribution in [0.2, 0.25) is 20.1 Å². The predicted molar refractivity (Wildman–Crippen MR) is 183 cm³/mol. The molecule has 13 heteroatoms. The number of imide groups is 1. The standard InChI is InChI=1S/C34H28Cl4N6O3/c1-17-5-3-6-18(2)30(17)43-33(46)29-32(34(43)47)42(41-39-29)16-27(45)44-31(23-12-11-22(36)15-26(23)38)24-8-4-7-20(28(24)40-44)13-19-9-10-21(35)14-25(19)37/h3,5-6,9-15,24,29,31-32H,4,7-8,16H2,1-2H3/b20-13+/t24-,29+,31-,32+/m0/s1. The van der Waals surface area contributed by atoms with Gasteiger partial charge in [0, 0.05) is 26.0 Å². The third kappa shape index (κ3) is 5.53. The molecule has 47 heavy (non-hydrogen) atoms. The predicted octanol–water partition coefficient (Wildman–Crippen LogP) is 8.03. The second kappa shape index (κ2) is 12.4. The first kappa shape index (κ1) is 31.8. The van der Waals surface area contributed by atoms with Gasteiger partial charge >= 0.3 is 0 Å². The van der Waals surface area contributed by atoms with E-state index >= 15 is 0 Å². The number of rotatable bonds is 5. The third-order valence-electron chi connectivity index (χ3n) is 9.15. The number of halogens is 4. The number of benzene rings is 3. The Balaban J connectivity index is 1.22. The van der Waals surface area contributed by atoms with Crippen molar-refractivity contribution in [2.24, 2.45) is 21.4 Å². The van der Waals surface area contributed by atoms with Crippen LogP contribution in [0.4, 0.5) is 5.69 Å². The molecule has 3 heterocycles. The van der Waals surface area contributed by atoms with E-state index in [4.69, 9.17) is 51.5 Å². The minimum Gasteiger partial charge on any atom is -0.271 e. The highest BCUT2D eigenvalue weighted by Crippen LogP contribution is 2.47. The Labute approximate surface area is 291 Å². The highest BCUT2D eigenvalue weighted by molar-refractivity contribution is 6.36. The van der Waals surface area contributed by atoms with Crippen molar-refractivity contribution in [1.29, 1.82) is 0 Å². The lowest BCUT2D eigenvalue weighted by Gasteiger charge is -2.31. The van der Waals surface area contributed by atoms with E-state index in [9.17, 15) is 14.4 Å². The quantitative estimate of drug-likeness (QED) is 0.251. The Morgan fingerprint density at radius 2 is 1.62 bits per heavy atom. The highest BCUT2D eigenvalue weighted by Gasteiger charge is 2.56. The average molecular weight is 710 g/mol. The Hall–Kier alpha value is -3.76. The Kier molecular flexibility index (Phi) is 8.37. The van der Waals surface area contributed by atoms with Crippen LogP contribution in [0, 0.1) is 19.8 Å². The molecule has 0 radical (unpaired) electrons. The summed E-state index contributed by atoms with van der Waals surface area (Å²) >= 11 is 25.6. The van der Waals surface area contributed by atoms with Crippen molar-refractivity contribution in [3.63, 3.8) is 0 Å². The van der Waals surface area contributed by atoms with Crippen molar-refractivity contribution in [3.05, 3.63) is 103 Å². The zero-order valence-electron chi connectivity index (χ0n) is 25.3. The average Bonchev–Trinajstić information content (AvgIpc) is 3.69. The molecule has 3 aliphatic heterocycles. The number of hydrogen-bond donors (Lipinski definition) is 0. The van der Waals surface area contributed by atoms with Crippen molar-refractivity contribution in [2.45, 2.75) is 51.2 Å². The molecule has 0 spiro atoms. The summed E-state index contributed by atoms with van der Waals surface area (Å²) in [5.41, 5.74) is 5.32. The maximum atomic E-state index is 14.2. The molecule has 0 aromatic heterocycles. The molecule has 3 aromatic carbocycles. The lowest BCUT2D eigenvalue weighted by atomic mass is 9.77. The van der Waals surface area contributed by atoms with Crippen LogP contribution in [-0.4, -0.2) is 52.1 Å². The smallest absolute Gasteiger partial charge is 0.264 e. The SMILES string of the molecule is Cc1cccc(C)c1N1C(=O)[C@@H]2N=NN(CC(=O)N3N=C4/C(=C/c5ccc(Cl)cc5Cl)CCC[C@@H]4[C@@H]3c3ccc(Cl)cc3Cl)[C@H]2C1=O. The number of amides is 3. The number of hydrazone groups is 1. The first-order valence-electron chi connectivity index (χ1n) is 15.2. The molecule has 0 unspecified atom stereocenters. The molecular formula is C34H28Cl4N6O3. The van der Waals surface area contributed by atoms with Gasteiger partial charge in [-0.15, -0.1) is 0 Å². The fourth-order valence-electron chi connectivity index (χ4n) is 7.01. The number of para-hydroxylation sites is 1. The number of nitrogens with zero attached hydrogens (tertiary/aromatic N) is 6. The number of aryl methyl sites for hydroxylation is 2. The van der Waals surface area contributed by atoms with Crippen LogP contribution in [0.5, 0.6) is 0 Å². The zero-order chi connectivity index (χ0) is 33.1. The number of anilines is 1. The largest absolute Gasteiger partial charge is 0.271 e. The number of hydrogen-bond acceptors (Lipinski definition) is 7. The van der Waals surface area contributed by atoms with E-state index in [0.717, 1.165) is 47.2 Å². The lowest BCUT2D eigenvalue weighted by molar-refractivity contribution is -0.136. The van der Waals surface area contributed by atoms with Crippen molar-refractivity contribution in [1.82, 2.24) is 10.0 Å². The molecule has 9 nitrogen and oxygen atoms in total. The van der Waals surface area contributed by atoms with Crippen molar-refractivity contribution >= 4 is 81.6 Å². The van der Waals surface area contributed by atoms with Gasteiger partial charge in [0.15, 0.2) is 12.1 Å². The zero-order valence-corrected chi connectivity index (χ0v) is 28.4. The Morgan fingerprint density at radius 1 is 0.915 bits per heavy atom. The normalized spacial score (nSPS) is 24.3. The van der Waals surface area contributed by atoms with Gasteiger partial charge < -0.3 is 0 Å². The van der Waals surface area contributed by atoms with Crippen LogP contribution >= 0.6 is 46.4 Å². The van der Waals surface area contributed by atoms with Gasteiger partial charge in [0.1, 0.15) is 6.54 Å². The summed E-state index contributed by atoms with van der Waals surface area (Å²) in [7, 11) is 0. The molecule has 2 fully saturated rings. The molecule has 3 aromatic rings. The summed E-state index contributed by atoms with van der Waals surface area (Å²) in [4.78, 5) is 42.6. The number of fused-ring (bicyclic) bond motifs is 2. The van der Waals surface area contributed by atoms with Crippen LogP contribution in [-0.2, 0) is 14.4 Å². The molecule has 0 bridgehead atoms. The number of carbonyl (C=O) groups is 3. The van der Waals surface area contributed by atoms with Gasteiger partial charge in [-0.05, 0) is 91.3 Å². The lowest BCUT2D eigenvalue weighted by Crippen LogP contribution is -2.45. The molecule has 4 atom stereocenters. The van der Waals surface area contributed by atoms with E-state index in [1.165, 1.54) is 14.9 Å². The minimum absolute atomic E-state index is 0.161. The second-order valence-corrected chi connectivity index (χ2v) is 13.8. The van der Waals surface area contributed by atoms with Crippen LogP contribution in [0.3, 0.4) is 0 Å². The summed E-state index contributed by atoms with van der Waals surface area (Å²) in [6.45, 7) is 3.37. The van der Waals surface area contributed by atoms with Crippen molar-refractivity contribution in [2.75, 3.05) is 11.4 Å². The van der Waals surface area contributed by atoms with Crippen LogP contribution in [0.1, 0.15) is 47.6 Å². The molecule has 7 rings (SSSR count). The molecule has 1 saturated heterocycles. The summed E-state index contributed by atoms with van der Waals surface area (Å²) in [6.07, 6.45) is 4.36. The molecule has 1 saturated carbocycles. The second-order valence-electron chi connectivity index (χ2n) is 12.1. The van der Waals surface area contributed by atoms with Gasteiger partial charge in [-0.25, -0.2) is 9.91 Å². The minimum atomic E-state index is -1.04. The van der Waals surface area contributed by atoms with E-state index in [-0.39, 0.29) is 12.5 Å². The molecule has 0 N–H and O–H groups in total. The maximum Gasteiger partial charge on any atom is 0.264 e. The van der Waals surface area contributed by atoms with E-state index < -0.39 is 35.8 Å². The van der Waals surface area contributed by atoms with Crippen LogP contribution in [0.15, 0.2) is 75.6 Å². The fourth-order valence-corrected chi connectivity index (χ4v) is 7.99. The first-order valence-corrected chi connectivity index (χ1v) is 16.7. The van der Waals surface area contributed by atoms with Crippen molar-refractivity contribution < 1.29 is 14.4 Å². The molecule has 1 aliphatic carbocycles. The summed E-state index contributed by atoms with van der Waals surface area (Å²) < 4.78 is 0. The number of carbonyl (C=O) groups excluding carboxylic acids is 3. The van der Waals surface area contributed by atoms with E-state index in [1.807, 2.05) is 50.3 Å². The fraction of sp³-hybridized carbons (Fsp3) is 0.294. The van der Waals surface area contributed by atoms with E-state index in [2.05, 4.69) is 10.3 Å². The van der Waals surface area contributed by atoms with Gasteiger partial charge in [0.2, 0.25) is 0 Å². The Morgan fingerprint density at radius 3 is 2.32 bits per heavy atom. The number of allylic oxidation sites excluding steroid dienone is 1. The molecular weight excluding hydrogens is 682 g/mol. The van der Waals surface area contributed by atoms with Crippen molar-refractivity contribution in [3.8, 4) is 0 Å². The summed E-state index contributed by atoms with van der Waals surface area (Å²) in [5.74, 6) is -1.52. The summed E-state index contributed by atoms with van der Waals surface area (Å²) in [5, 5.41) is 17.8.